The SMILES string of the molecule is O=C(OCCCOC(=O)c1ccc(CCCC2CCCCC2)cc1)c1ccc(CCCC2CCCCC2)cc1. The largest absolute Gasteiger partial charge is 0.462 e. The van der Waals surface area contributed by atoms with Crippen LogP contribution >= 0.6 is 0 Å². The minimum atomic E-state index is -0.325. The summed E-state index contributed by atoms with van der Waals surface area (Å²) in [4.78, 5) is 24.7. The molecule has 0 radical (unpaired) electrons. The van der Waals surface area contributed by atoms with Crippen molar-refractivity contribution in [2.24, 2.45) is 11.8 Å². The molecule has 0 saturated heterocycles. The first-order valence-corrected chi connectivity index (χ1v) is 15.7. The van der Waals surface area contributed by atoms with Crippen LogP contribution in [-0.4, -0.2) is 25.2 Å². The number of esters is 2. The molecule has 0 unspecified atom stereocenters. The molecule has 4 heteroatoms. The molecule has 0 aliphatic heterocycles. The second-order valence-electron chi connectivity index (χ2n) is 11.8. The number of hydrogen-bond donors (Lipinski definition) is 0. The monoisotopic (exact) mass is 532 g/mol. The number of hydrogen-bond acceptors (Lipinski definition) is 4. The summed E-state index contributed by atoms with van der Waals surface area (Å²) in [6.07, 6.45) is 21.7. The molecule has 0 atom stereocenters. The number of carbonyl (C=O) groups is 2. The highest BCUT2D eigenvalue weighted by Crippen LogP contribution is 2.29. The molecule has 2 aliphatic carbocycles. The van der Waals surface area contributed by atoms with Gasteiger partial charge in [0.25, 0.3) is 0 Å². The molecule has 0 aromatic heterocycles. The third kappa shape index (κ3) is 10.5. The van der Waals surface area contributed by atoms with Crippen molar-refractivity contribution in [2.75, 3.05) is 13.2 Å². The first-order valence-electron chi connectivity index (χ1n) is 15.7. The Morgan fingerprint density at radius 1 is 0.538 bits per heavy atom. The van der Waals surface area contributed by atoms with E-state index >= 15 is 0 Å². The van der Waals surface area contributed by atoms with E-state index in [1.165, 1.54) is 101 Å². The molecule has 2 fully saturated rings. The van der Waals surface area contributed by atoms with Crippen LogP contribution < -0.4 is 0 Å². The Bertz CT molecular complexity index is 901. The van der Waals surface area contributed by atoms with Crippen LogP contribution in [0.1, 0.15) is 128 Å². The van der Waals surface area contributed by atoms with Crippen LogP contribution in [-0.2, 0) is 22.3 Å². The van der Waals surface area contributed by atoms with Gasteiger partial charge in [0.1, 0.15) is 0 Å². The maximum atomic E-state index is 12.4. The van der Waals surface area contributed by atoms with Crippen molar-refractivity contribution < 1.29 is 19.1 Å². The number of ether oxygens (including phenoxy) is 2. The van der Waals surface area contributed by atoms with E-state index in [9.17, 15) is 9.59 Å². The summed E-state index contributed by atoms with van der Waals surface area (Å²) >= 11 is 0. The summed E-state index contributed by atoms with van der Waals surface area (Å²) in [5.41, 5.74) is 3.70. The number of aryl methyl sites for hydroxylation is 2. The molecular formula is C35H48O4. The lowest BCUT2D eigenvalue weighted by atomic mass is 9.85. The molecule has 0 heterocycles. The summed E-state index contributed by atoms with van der Waals surface area (Å²) in [5.74, 6) is 1.18. The van der Waals surface area contributed by atoms with Gasteiger partial charge in [-0.15, -0.1) is 0 Å². The van der Waals surface area contributed by atoms with E-state index < -0.39 is 0 Å². The zero-order valence-corrected chi connectivity index (χ0v) is 23.8. The van der Waals surface area contributed by atoms with Gasteiger partial charge in [-0.05, 0) is 72.9 Å². The van der Waals surface area contributed by atoms with Crippen LogP contribution in [0.5, 0.6) is 0 Å². The molecule has 0 spiro atoms. The second-order valence-corrected chi connectivity index (χ2v) is 11.8. The predicted molar refractivity (Wildman–Crippen MR) is 157 cm³/mol. The molecule has 2 saturated carbocycles. The van der Waals surface area contributed by atoms with Gasteiger partial charge in [-0.1, -0.05) is 101 Å². The molecule has 0 N–H and O–H groups in total. The summed E-state index contributed by atoms with van der Waals surface area (Å²) in [6.45, 7) is 0.463. The van der Waals surface area contributed by atoms with E-state index in [1.54, 1.807) is 0 Å². The number of benzene rings is 2. The summed E-state index contributed by atoms with van der Waals surface area (Å²) in [5, 5.41) is 0. The van der Waals surface area contributed by atoms with E-state index in [0.717, 1.165) is 24.7 Å². The van der Waals surface area contributed by atoms with Crippen molar-refractivity contribution in [2.45, 2.75) is 109 Å². The minimum Gasteiger partial charge on any atom is -0.462 e. The molecule has 2 aromatic rings. The fourth-order valence-electron chi connectivity index (χ4n) is 6.31. The van der Waals surface area contributed by atoms with E-state index in [-0.39, 0.29) is 25.2 Å². The molecule has 2 aliphatic rings. The molecule has 4 nitrogen and oxygen atoms in total. The Morgan fingerprint density at radius 2 is 0.923 bits per heavy atom. The Hall–Kier alpha value is -2.62. The quantitative estimate of drug-likeness (QED) is 0.180. The maximum Gasteiger partial charge on any atom is 0.338 e. The fourth-order valence-corrected chi connectivity index (χ4v) is 6.31. The van der Waals surface area contributed by atoms with Crippen LogP contribution in [0.2, 0.25) is 0 Å². The van der Waals surface area contributed by atoms with Crippen molar-refractivity contribution in [3.63, 3.8) is 0 Å². The van der Waals surface area contributed by atoms with Gasteiger partial charge in [0.05, 0.1) is 24.3 Å². The number of carbonyl (C=O) groups excluding carboxylic acids is 2. The first kappa shape index (κ1) is 29.4. The standard InChI is InChI=1S/C35H48O4/c36-34(32-22-18-30(19-23-32)16-7-14-28-10-3-1-4-11-28)38-26-9-27-39-35(37)33-24-20-31(21-25-33)17-8-15-29-12-5-2-6-13-29/h18-25,28-29H,1-17,26-27H2. The van der Waals surface area contributed by atoms with Gasteiger partial charge in [0.2, 0.25) is 0 Å². The molecule has 4 rings (SSSR count). The van der Waals surface area contributed by atoms with Gasteiger partial charge in [0.15, 0.2) is 0 Å². The maximum absolute atomic E-state index is 12.4. The van der Waals surface area contributed by atoms with Gasteiger partial charge < -0.3 is 9.47 Å². The zero-order chi connectivity index (χ0) is 27.1. The van der Waals surface area contributed by atoms with Gasteiger partial charge in [-0.2, -0.15) is 0 Å². The third-order valence-electron chi connectivity index (χ3n) is 8.74. The third-order valence-corrected chi connectivity index (χ3v) is 8.74. The highest BCUT2D eigenvalue weighted by molar-refractivity contribution is 5.90. The molecule has 212 valence electrons. The van der Waals surface area contributed by atoms with Gasteiger partial charge in [0, 0.05) is 6.42 Å². The van der Waals surface area contributed by atoms with Crippen molar-refractivity contribution in [1.29, 1.82) is 0 Å². The molecule has 0 bridgehead atoms. The normalized spacial score (nSPS) is 16.6. The molecule has 2 aromatic carbocycles. The van der Waals surface area contributed by atoms with Gasteiger partial charge >= 0.3 is 11.9 Å². The summed E-state index contributed by atoms with van der Waals surface area (Å²) < 4.78 is 10.8. The lowest BCUT2D eigenvalue weighted by Crippen LogP contribution is -2.11. The summed E-state index contributed by atoms with van der Waals surface area (Å²) in [7, 11) is 0. The van der Waals surface area contributed by atoms with Gasteiger partial charge in [-0.3, -0.25) is 0 Å². The average Bonchev–Trinajstić information content (AvgIpc) is 2.98. The second kappa shape index (κ2) is 16.5. The van der Waals surface area contributed by atoms with E-state index in [2.05, 4.69) is 0 Å². The van der Waals surface area contributed by atoms with Crippen molar-refractivity contribution in [1.82, 2.24) is 0 Å². The van der Waals surface area contributed by atoms with Crippen molar-refractivity contribution >= 4 is 11.9 Å². The molecule has 0 amide bonds. The van der Waals surface area contributed by atoms with Crippen LogP contribution in [0.3, 0.4) is 0 Å². The predicted octanol–water partition coefficient (Wildman–Crippen LogP) is 8.90. The Morgan fingerprint density at radius 3 is 1.31 bits per heavy atom. The lowest BCUT2D eigenvalue weighted by Gasteiger charge is -2.21. The summed E-state index contributed by atoms with van der Waals surface area (Å²) in [6, 6.07) is 15.6. The van der Waals surface area contributed by atoms with E-state index in [0.29, 0.717) is 17.5 Å². The number of rotatable bonds is 14. The zero-order valence-electron chi connectivity index (χ0n) is 23.8. The minimum absolute atomic E-state index is 0.231. The Labute approximate surface area is 235 Å². The Balaban J connectivity index is 1.06. The highest BCUT2D eigenvalue weighted by atomic mass is 16.5. The van der Waals surface area contributed by atoms with Crippen molar-refractivity contribution in [3.05, 3.63) is 70.8 Å². The van der Waals surface area contributed by atoms with Crippen LogP contribution in [0.25, 0.3) is 0 Å². The van der Waals surface area contributed by atoms with Crippen molar-refractivity contribution in [3.8, 4) is 0 Å². The Kier molecular flexibility index (Phi) is 12.4. The molecular weight excluding hydrogens is 484 g/mol. The topological polar surface area (TPSA) is 52.6 Å². The first-order chi connectivity index (χ1) is 19.2. The van der Waals surface area contributed by atoms with Crippen LogP contribution in [0.15, 0.2) is 48.5 Å². The van der Waals surface area contributed by atoms with E-state index in [1.807, 2.05) is 48.5 Å². The van der Waals surface area contributed by atoms with Crippen LogP contribution in [0, 0.1) is 11.8 Å². The smallest absolute Gasteiger partial charge is 0.338 e. The average molecular weight is 533 g/mol. The highest BCUT2D eigenvalue weighted by Gasteiger charge is 2.14. The van der Waals surface area contributed by atoms with Crippen LogP contribution in [0.4, 0.5) is 0 Å². The lowest BCUT2D eigenvalue weighted by molar-refractivity contribution is 0.0396. The van der Waals surface area contributed by atoms with E-state index in [4.69, 9.17) is 9.47 Å². The fraction of sp³-hybridized carbons (Fsp3) is 0.600. The molecule has 39 heavy (non-hydrogen) atoms. The van der Waals surface area contributed by atoms with Gasteiger partial charge in [-0.25, -0.2) is 9.59 Å².